The molecule has 1 aromatic heterocycles. The van der Waals surface area contributed by atoms with E-state index in [1.165, 1.54) is 5.56 Å². The standard InChI is InChI=1S/C19H27N3O2/c1-18(2,3)17-21-20-16(24-17)12-22-11-15(23-13-19(22,4)5)14-9-7-6-8-10-14/h6-10,15H,11-13H2,1-5H3. The van der Waals surface area contributed by atoms with E-state index in [2.05, 4.69) is 74.0 Å². The predicted octanol–water partition coefficient (Wildman–Crippen LogP) is 3.72. The van der Waals surface area contributed by atoms with Gasteiger partial charge in [-0.05, 0) is 19.4 Å². The average Bonchev–Trinajstić information content (AvgIpc) is 2.99. The summed E-state index contributed by atoms with van der Waals surface area (Å²) in [6, 6.07) is 10.4. The Bertz CT molecular complexity index is 673. The van der Waals surface area contributed by atoms with E-state index in [4.69, 9.17) is 9.15 Å². The lowest BCUT2D eigenvalue weighted by Gasteiger charge is -2.44. The Labute approximate surface area is 144 Å². The van der Waals surface area contributed by atoms with Gasteiger partial charge in [0.2, 0.25) is 11.8 Å². The normalized spacial score (nSPS) is 21.8. The molecule has 1 unspecified atom stereocenters. The molecule has 130 valence electrons. The molecule has 0 N–H and O–H groups in total. The molecule has 2 heterocycles. The highest BCUT2D eigenvalue weighted by molar-refractivity contribution is 5.19. The van der Waals surface area contributed by atoms with Crippen LogP contribution in [0.3, 0.4) is 0 Å². The summed E-state index contributed by atoms with van der Waals surface area (Å²) in [5, 5.41) is 8.44. The van der Waals surface area contributed by atoms with Crippen molar-refractivity contribution in [3.8, 4) is 0 Å². The van der Waals surface area contributed by atoms with Gasteiger partial charge in [0.05, 0.1) is 19.3 Å². The van der Waals surface area contributed by atoms with Crippen LogP contribution in [0.25, 0.3) is 0 Å². The first-order chi connectivity index (χ1) is 11.3. The minimum atomic E-state index is -0.127. The van der Waals surface area contributed by atoms with Gasteiger partial charge >= 0.3 is 0 Å². The van der Waals surface area contributed by atoms with Crippen LogP contribution >= 0.6 is 0 Å². The third-order valence-corrected chi connectivity index (χ3v) is 4.49. The predicted molar refractivity (Wildman–Crippen MR) is 92.6 cm³/mol. The van der Waals surface area contributed by atoms with Crippen molar-refractivity contribution >= 4 is 0 Å². The zero-order chi connectivity index (χ0) is 17.4. The van der Waals surface area contributed by atoms with Crippen molar-refractivity contribution in [2.24, 2.45) is 0 Å². The zero-order valence-electron chi connectivity index (χ0n) is 15.2. The van der Waals surface area contributed by atoms with E-state index in [1.54, 1.807) is 0 Å². The average molecular weight is 329 g/mol. The van der Waals surface area contributed by atoms with Crippen LogP contribution < -0.4 is 0 Å². The molecule has 1 aliphatic rings. The fourth-order valence-corrected chi connectivity index (χ4v) is 2.83. The Kier molecular flexibility index (Phi) is 4.49. The van der Waals surface area contributed by atoms with Gasteiger partial charge < -0.3 is 9.15 Å². The van der Waals surface area contributed by atoms with E-state index in [0.717, 1.165) is 6.54 Å². The number of benzene rings is 1. The second kappa shape index (κ2) is 6.30. The highest BCUT2D eigenvalue weighted by atomic mass is 16.5. The van der Waals surface area contributed by atoms with Gasteiger partial charge in [0.1, 0.15) is 0 Å². The van der Waals surface area contributed by atoms with Crippen LogP contribution in [-0.4, -0.2) is 33.8 Å². The van der Waals surface area contributed by atoms with Crippen molar-refractivity contribution in [1.82, 2.24) is 15.1 Å². The molecule has 1 aromatic carbocycles. The van der Waals surface area contributed by atoms with E-state index in [9.17, 15) is 0 Å². The zero-order valence-corrected chi connectivity index (χ0v) is 15.2. The first-order valence-electron chi connectivity index (χ1n) is 8.50. The molecule has 0 spiro atoms. The highest BCUT2D eigenvalue weighted by Crippen LogP contribution is 2.31. The Morgan fingerprint density at radius 2 is 1.88 bits per heavy atom. The fraction of sp³-hybridized carbons (Fsp3) is 0.579. The summed E-state index contributed by atoms with van der Waals surface area (Å²) in [6.45, 7) is 12.7. The van der Waals surface area contributed by atoms with E-state index in [1.807, 2.05) is 6.07 Å². The molecule has 0 radical (unpaired) electrons. The van der Waals surface area contributed by atoms with Crippen molar-refractivity contribution in [2.45, 2.75) is 58.2 Å². The van der Waals surface area contributed by atoms with Gasteiger partial charge in [-0.25, -0.2) is 0 Å². The summed E-state index contributed by atoms with van der Waals surface area (Å²) in [5.74, 6) is 1.35. The molecule has 24 heavy (non-hydrogen) atoms. The van der Waals surface area contributed by atoms with Crippen molar-refractivity contribution < 1.29 is 9.15 Å². The van der Waals surface area contributed by atoms with Crippen LogP contribution in [0.4, 0.5) is 0 Å². The molecular formula is C19H27N3O2. The molecule has 1 saturated heterocycles. The van der Waals surface area contributed by atoms with Gasteiger partial charge in [-0.2, -0.15) is 0 Å². The largest absolute Gasteiger partial charge is 0.423 e. The second-order valence-corrected chi connectivity index (χ2v) is 8.15. The number of aromatic nitrogens is 2. The first kappa shape index (κ1) is 17.1. The van der Waals surface area contributed by atoms with E-state index in [-0.39, 0.29) is 17.1 Å². The Hall–Kier alpha value is -1.72. The summed E-state index contributed by atoms with van der Waals surface area (Å²) in [4.78, 5) is 2.37. The van der Waals surface area contributed by atoms with Crippen molar-refractivity contribution in [3.63, 3.8) is 0 Å². The van der Waals surface area contributed by atoms with Gasteiger partial charge in [-0.15, -0.1) is 10.2 Å². The number of ether oxygens (including phenoxy) is 1. The third kappa shape index (κ3) is 3.68. The maximum atomic E-state index is 6.10. The smallest absolute Gasteiger partial charge is 0.230 e. The number of morpholine rings is 1. The monoisotopic (exact) mass is 329 g/mol. The minimum absolute atomic E-state index is 0.0678. The molecule has 1 atom stereocenters. The molecule has 0 aliphatic carbocycles. The molecule has 1 fully saturated rings. The third-order valence-electron chi connectivity index (χ3n) is 4.49. The molecule has 5 heteroatoms. The molecule has 3 rings (SSSR count). The van der Waals surface area contributed by atoms with E-state index in [0.29, 0.717) is 24.9 Å². The van der Waals surface area contributed by atoms with Crippen LogP contribution in [0.15, 0.2) is 34.7 Å². The molecular weight excluding hydrogens is 302 g/mol. The summed E-state index contributed by atoms with van der Waals surface area (Å²) in [5.41, 5.74) is 1.01. The molecule has 1 aliphatic heterocycles. The molecule has 5 nitrogen and oxygen atoms in total. The fourth-order valence-electron chi connectivity index (χ4n) is 2.83. The summed E-state index contributed by atoms with van der Waals surface area (Å²) in [6.07, 6.45) is 0.0734. The number of rotatable bonds is 3. The first-order valence-corrected chi connectivity index (χ1v) is 8.50. The van der Waals surface area contributed by atoms with Gasteiger partial charge in [0, 0.05) is 17.5 Å². The molecule has 2 aromatic rings. The summed E-state index contributed by atoms with van der Waals surface area (Å²) < 4.78 is 12.0. The van der Waals surface area contributed by atoms with Crippen LogP contribution in [0, 0.1) is 0 Å². The Morgan fingerprint density at radius 1 is 1.17 bits per heavy atom. The van der Waals surface area contributed by atoms with Crippen molar-refractivity contribution in [1.29, 1.82) is 0 Å². The van der Waals surface area contributed by atoms with Crippen molar-refractivity contribution in [3.05, 3.63) is 47.7 Å². The second-order valence-electron chi connectivity index (χ2n) is 8.15. The minimum Gasteiger partial charge on any atom is -0.423 e. The van der Waals surface area contributed by atoms with Gasteiger partial charge in [0.15, 0.2) is 0 Å². The maximum Gasteiger partial charge on any atom is 0.230 e. The van der Waals surface area contributed by atoms with Crippen LogP contribution in [0.5, 0.6) is 0 Å². The van der Waals surface area contributed by atoms with Gasteiger partial charge in [-0.1, -0.05) is 51.1 Å². The van der Waals surface area contributed by atoms with E-state index >= 15 is 0 Å². The SMILES string of the molecule is CC(C)(C)c1nnc(CN2CC(c3ccccc3)OCC2(C)C)o1. The van der Waals surface area contributed by atoms with Crippen LogP contribution in [-0.2, 0) is 16.7 Å². The molecule has 0 saturated carbocycles. The highest BCUT2D eigenvalue weighted by Gasteiger charge is 2.36. The lowest BCUT2D eigenvalue weighted by atomic mass is 9.97. The van der Waals surface area contributed by atoms with Gasteiger partial charge in [-0.3, -0.25) is 4.90 Å². The number of nitrogens with zero attached hydrogens (tertiary/aromatic N) is 3. The lowest BCUT2D eigenvalue weighted by Crippen LogP contribution is -2.53. The maximum absolute atomic E-state index is 6.10. The Morgan fingerprint density at radius 3 is 2.50 bits per heavy atom. The van der Waals surface area contributed by atoms with Crippen molar-refractivity contribution in [2.75, 3.05) is 13.2 Å². The Balaban J connectivity index is 1.75. The quantitative estimate of drug-likeness (QED) is 0.859. The molecule has 0 amide bonds. The van der Waals surface area contributed by atoms with Gasteiger partial charge in [0.25, 0.3) is 0 Å². The topological polar surface area (TPSA) is 51.4 Å². The van der Waals surface area contributed by atoms with E-state index < -0.39 is 0 Å². The van der Waals surface area contributed by atoms with Crippen LogP contribution in [0.2, 0.25) is 0 Å². The lowest BCUT2D eigenvalue weighted by molar-refractivity contribution is -0.106. The summed E-state index contributed by atoms with van der Waals surface area (Å²) in [7, 11) is 0. The van der Waals surface area contributed by atoms with Crippen LogP contribution in [0.1, 0.15) is 58.1 Å². The number of hydrogen-bond acceptors (Lipinski definition) is 5. The molecule has 0 bridgehead atoms. The number of hydrogen-bond donors (Lipinski definition) is 0. The summed E-state index contributed by atoms with van der Waals surface area (Å²) >= 11 is 0.